The third-order valence-corrected chi connectivity index (χ3v) is 6.02. The van der Waals surface area contributed by atoms with Crippen LogP contribution in [-0.4, -0.2) is 26.3 Å². The Bertz CT molecular complexity index is 1470. The van der Waals surface area contributed by atoms with E-state index in [1.54, 1.807) is 4.90 Å². The van der Waals surface area contributed by atoms with Crippen LogP contribution in [0, 0.1) is 6.92 Å². The number of anilines is 1. The second-order valence-corrected chi connectivity index (χ2v) is 8.19. The molecular weight excluding hydrogens is 426 g/mol. The number of aromatic nitrogens is 2. The molecule has 0 aliphatic rings. The Morgan fingerprint density at radius 3 is 2.44 bits per heavy atom. The first-order chi connectivity index (χ1) is 16.5. The maximum Gasteiger partial charge on any atom is 0.262 e. The average Bonchev–Trinajstić information content (AvgIpc) is 3.33. The van der Waals surface area contributed by atoms with Crippen LogP contribution in [0.15, 0.2) is 91.1 Å². The Morgan fingerprint density at radius 1 is 0.941 bits per heavy atom. The van der Waals surface area contributed by atoms with Crippen molar-refractivity contribution in [3.8, 4) is 22.6 Å². The van der Waals surface area contributed by atoms with E-state index >= 15 is 0 Å². The predicted octanol–water partition coefficient (Wildman–Crippen LogP) is 5.80. The van der Waals surface area contributed by atoms with E-state index in [0.29, 0.717) is 12.2 Å². The molecule has 6 heteroatoms. The van der Waals surface area contributed by atoms with Gasteiger partial charge in [0.2, 0.25) is 0 Å². The number of nitrogens with one attached hydrogen (secondary N) is 1. The Balaban J connectivity index is 1.52. The molecule has 6 nitrogen and oxygen atoms in total. The van der Waals surface area contributed by atoms with Crippen molar-refractivity contribution in [2.45, 2.75) is 13.5 Å². The number of nitrogens with zero attached hydrogens (tertiary/aromatic N) is 2. The summed E-state index contributed by atoms with van der Waals surface area (Å²) in [5, 5.41) is 28.1. The number of hydrogen-bond donors (Lipinski definition) is 3. The molecule has 3 N–H and O–H groups in total. The van der Waals surface area contributed by atoms with Crippen molar-refractivity contribution in [2.75, 3.05) is 4.90 Å². The van der Waals surface area contributed by atoms with Crippen LogP contribution in [0.5, 0.6) is 11.5 Å². The standard InChI is InChI=1S/C28H23N3O3/c1-18-23(13-14-26-25(18)16-29-30-26)20-7-9-21(10-8-20)31(17-19-5-3-2-4-6-19)28(34)24-12-11-22(32)15-27(24)33/h2-16,32-33H,17H2,1H3,(H,29,30). The van der Waals surface area contributed by atoms with Gasteiger partial charge in [-0.05, 0) is 59.5 Å². The lowest BCUT2D eigenvalue weighted by Gasteiger charge is -2.24. The van der Waals surface area contributed by atoms with E-state index in [1.807, 2.05) is 66.9 Å². The van der Waals surface area contributed by atoms with Crippen molar-refractivity contribution in [1.29, 1.82) is 0 Å². The van der Waals surface area contributed by atoms with Crippen LogP contribution in [-0.2, 0) is 6.54 Å². The third kappa shape index (κ3) is 3.97. The van der Waals surface area contributed by atoms with Crippen LogP contribution >= 0.6 is 0 Å². The van der Waals surface area contributed by atoms with Gasteiger partial charge in [0.25, 0.3) is 5.91 Å². The molecule has 168 valence electrons. The minimum atomic E-state index is -0.356. The number of H-pyrrole nitrogens is 1. The second kappa shape index (κ2) is 8.75. The molecule has 1 aromatic heterocycles. The SMILES string of the molecule is Cc1c(-c2ccc(N(Cc3ccccc3)C(=O)c3ccc(O)cc3O)cc2)ccc2[nH]ncc12. The van der Waals surface area contributed by atoms with Crippen LogP contribution in [0.3, 0.4) is 0 Å². The smallest absolute Gasteiger partial charge is 0.262 e. The monoisotopic (exact) mass is 449 g/mol. The summed E-state index contributed by atoms with van der Waals surface area (Å²) in [4.78, 5) is 15.1. The Morgan fingerprint density at radius 2 is 1.71 bits per heavy atom. The normalized spacial score (nSPS) is 11.0. The van der Waals surface area contributed by atoms with Crippen molar-refractivity contribution in [3.63, 3.8) is 0 Å². The molecule has 0 unspecified atom stereocenters. The van der Waals surface area contributed by atoms with Crippen LogP contribution < -0.4 is 4.90 Å². The van der Waals surface area contributed by atoms with E-state index in [1.165, 1.54) is 18.2 Å². The molecule has 0 saturated heterocycles. The predicted molar refractivity (Wildman–Crippen MR) is 133 cm³/mol. The third-order valence-electron chi connectivity index (χ3n) is 6.02. The summed E-state index contributed by atoms with van der Waals surface area (Å²) in [7, 11) is 0. The number of carbonyl (C=O) groups excluding carboxylic acids is 1. The minimum Gasteiger partial charge on any atom is -0.508 e. The van der Waals surface area contributed by atoms with Crippen LogP contribution in [0.2, 0.25) is 0 Å². The summed E-state index contributed by atoms with van der Waals surface area (Å²) in [6, 6.07) is 25.6. The van der Waals surface area contributed by atoms with Gasteiger partial charge in [0.15, 0.2) is 0 Å². The lowest BCUT2D eigenvalue weighted by atomic mass is 9.97. The van der Waals surface area contributed by atoms with Crippen LogP contribution in [0.25, 0.3) is 22.0 Å². The van der Waals surface area contributed by atoms with Gasteiger partial charge in [0, 0.05) is 17.1 Å². The van der Waals surface area contributed by atoms with E-state index < -0.39 is 0 Å². The van der Waals surface area contributed by atoms with Gasteiger partial charge >= 0.3 is 0 Å². The van der Waals surface area contributed by atoms with Gasteiger partial charge in [-0.25, -0.2) is 0 Å². The summed E-state index contributed by atoms with van der Waals surface area (Å²) < 4.78 is 0. The fourth-order valence-electron chi connectivity index (χ4n) is 4.19. The van der Waals surface area contributed by atoms with Crippen molar-refractivity contribution < 1.29 is 15.0 Å². The van der Waals surface area contributed by atoms with Crippen molar-refractivity contribution >= 4 is 22.5 Å². The van der Waals surface area contributed by atoms with Gasteiger partial charge in [-0.1, -0.05) is 48.5 Å². The Hall–Kier alpha value is -4.58. The topological polar surface area (TPSA) is 89.5 Å². The zero-order chi connectivity index (χ0) is 23.7. The van der Waals surface area contributed by atoms with Gasteiger partial charge in [-0.2, -0.15) is 5.10 Å². The number of phenolic OH excluding ortho intramolecular Hbond substituents is 2. The van der Waals surface area contributed by atoms with E-state index in [4.69, 9.17) is 0 Å². The molecule has 0 spiro atoms. The Labute approximate surface area is 196 Å². The maximum absolute atomic E-state index is 13.5. The Kier molecular flexibility index (Phi) is 5.47. The number of hydrogen-bond acceptors (Lipinski definition) is 4. The molecule has 0 saturated carbocycles. The van der Waals surface area contributed by atoms with Crippen LogP contribution in [0.4, 0.5) is 5.69 Å². The van der Waals surface area contributed by atoms with Gasteiger partial charge < -0.3 is 15.1 Å². The van der Waals surface area contributed by atoms with Crippen molar-refractivity contribution in [3.05, 3.63) is 108 Å². The first-order valence-electron chi connectivity index (χ1n) is 10.9. The fourth-order valence-corrected chi connectivity index (χ4v) is 4.19. The molecule has 0 fully saturated rings. The molecule has 5 rings (SSSR count). The number of carbonyl (C=O) groups is 1. The fraction of sp³-hybridized carbons (Fsp3) is 0.0714. The highest BCUT2D eigenvalue weighted by atomic mass is 16.3. The number of aromatic hydroxyl groups is 2. The number of fused-ring (bicyclic) bond motifs is 1. The van der Waals surface area contributed by atoms with Gasteiger partial charge in [0.05, 0.1) is 23.8 Å². The summed E-state index contributed by atoms with van der Waals surface area (Å²) in [5.41, 5.74) is 6.03. The van der Waals surface area contributed by atoms with Crippen molar-refractivity contribution in [2.24, 2.45) is 0 Å². The van der Waals surface area contributed by atoms with E-state index in [9.17, 15) is 15.0 Å². The number of phenols is 2. The lowest BCUT2D eigenvalue weighted by molar-refractivity contribution is 0.0982. The summed E-state index contributed by atoms with van der Waals surface area (Å²) >= 11 is 0. The second-order valence-electron chi connectivity index (χ2n) is 8.19. The van der Waals surface area contributed by atoms with E-state index in [2.05, 4.69) is 23.2 Å². The van der Waals surface area contributed by atoms with Crippen molar-refractivity contribution in [1.82, 2.24) is 10.2 Å². The molecule has 0 atom stereocenters. The first-order valence-corrected chi connectivity index (χ1v) is 10.9. The number of aromatic amines is 1. The first kappa shape index (κ1) is 21.3. The molecule has 5 aromatic rings. The molecule has 34 heavy (non-hydrogen) atoms. The maximum atomic E-state index is 13.5. The molecule has 0 aliphatic carbocycles. The zero-order valence-corrected chi connectivity index (χ0v) is 18.6. The molecule has 1 amide bonds. The lowest BCUT2D eigenvalue weighted by Crippen LogP contribution is -2.30. The highest BCUT2D eigenvalue weighted by Gasteiger charge is 2.22. The van der Waals surface area contributed by atoms with Gasteiger partial charge in [0.1, 0.15) is 11.5 Å². The van der Waals surface area contributed by atoms with E-state index in [0.717, 1.165) is 33.2 Å². The highest BCUT2D eigenvalue weighted by molar-refractivity contribution is 6.08. The molecule has 0 bridgehead atoms. The molecule has 1 heterocycles. The molecular formula is C28H23N3O3. The zero-order valence-electron chi connectivity index (χ0n) is 18.6. The molecule has 0 radical (unpaired) electrons. The van der Waals surface area contributed by atoms with E-state index in [-0.39, 0.29) is 23.0 Å². The summed E-state index contributed by atoms with van der Waals surface area (Å²) in [5.74, 6) is -0.716. The molecule has 0 aliphatic heterocycles. The number of rotatable bonds is 5. The molecule has 4 aromatic carbocycles. The number of aryl methyl sites for hydroxylation is 1. The largest absolute Gasteiger partial charge is 0.508 e. The van der Waals surface area contributed by atoms with Gasteiger partial charge in [-0.15, -0.1) is 0 Å². The van der Waals surface area contributed by atoms with Crippen LogP contribution in [0.1, 0.15) is 21.5 Å². The quantitative estimate of drug-likeness (QED) is 0.316. The number of amides is 1. The average molecular weight is 450 g/mol. The van der Waals surface area contributed by atoms with Gasteiger partial charge in [-0.3, -0.25) is 9.89 Å². The summed E-state index contributed by atoms with van der Waals surface area (Å²) in [6.45, 7) is 2.40. The number of benzene rings is 4. The summed E-state index contributed by atoms with van der Waals surface area (Å²) in [6.07, 6.45) is 1.83. The minimum absolute atomic E-state index is 0.0991. The highest BCUT2D eigenvalue weighted by Crippen LogP contribution is 2.32.